The topological polar surface area (TPSA) is 39.2 Å². The van der Waals surface area contributed by atoms with E-state index in [9.17, 15) is 18.0 Å². The van der Waals surface area contributed by atoms with Crippen LogP contribution in [0.25, 0.3) is 0 Å². The Kier molecular flexibility index (Phi) is 5.16. The number of ether oxygens (including phenoxy) is 1. The number of esters is 1. The van der Waals surface area contributed by atoms with Crippen molar-refractivity contribution in [3.05, 3.63) is 62.9 Å². The molecule has 0 unspecified atom stereocenters. The number of halogens is 5. The minimum Gasteiger partial charge on any atom is -0.465 e. The second-order valence-corrected chi connectivity index (χ2v) is 5.45. The Morgan fingerprint density at radius 2 is 1.91 bits per heavy atom. The van der Waals surface area contributed by atoms with Gasteiger partial charge in [0, 0.05) is 12.6 Å². The number of hydrogen-bond donors (Lipinski definition) is 0. The SMILES string of the molecule is COC(=O)c1cc(Cc2ncc(C(F)(F)F)cc2Cl)ccc1Cl. The van der Waals surface area contributed by atoms with Crippen LogP contribution >= 0.6 is 23.2 Å². The molecule has 0 amide bonds. The van der Waals surface area contributed by atoms with E-state index < -0.39 is 17.7 Å². The number of pyridine rings is 1. The third-order valence-corrected chi connectivity index (χ3v) is 3.71. The average molecular weight is 364 g/mol. The fourth-order valence-electron chi connectivity index (χ4n) is 1.89. The molecule has 0 saturated heterocycles. The molecule has 0 spiro atoms. The van der Waals surface area contributed by atoms with Crippen LogP contribution in [-0.4, -0.2) is 18.1 Å². The van der Waals surface area contributed by atoms with Crippen molar-refractivity contribution in [3.8, 4) is 0 Å². The maximum absolute atomic E-state index is 12.6. The number of alkyl halides is 3. The summed E-state index contributed by atoms with van der Waals surface area (Å²) in [6.45, 7) is 0. The highest BCUT2D eigenvalue weighted by atomic mass is 35.5. The van der Waals surface area contributed by atoms with Gasteiger partial charge < -0.3 is 4.74 Å². The van der Waals surface area contributed by atoms with Gasteiger partial charge >= 0.3 is 12.1 Å². The molecule has 0 aliphatic rings. The summed E-state index contributed by atoms with van der Waals surface area (Å²) in [4.78, 5) is 15.3. The van der Waals surface area contributed by atoms with Gasteiger partial charge in [0.05, 0.1) is 34.0 Å². The van der Waals surface area contributed by atoms with Crippen LogP contribution in [0.2, 0.25) is 10.0 Å². The number of aromatic nitrogens is 1. The number of benzene rings is 1. The molecule has 0 fully saturated rings. The zero-order valence-electron chi connectivity index (χ0n) is 11.7. The zero-order chi connectivity index (χ0) is 17.2. The standard InChI is InChI=1S/C15H10Cl2F3NO2/c1-23-14(22)10-4-8(2-3-11(10)16)5-13-12(17)6-9(7-21-13)15(18,19)20/h2-4,6-7H,5H2,1H3. The molecule has 122 valence electrons. The molecule has 8 heteroatoms. The lowest BCUT2D eigenvalue weighted by atomic mass is 10.1. The second-order valence-electron chi connectivity index (χ2n) is 4.63. The van der Waals surface area contributed by atoms with Crippen LogP contribution in [0.4, 0.5) is 13.2 Å². The van der Waals surface area contributed by atoms with Gasteiger partial charge in [0.15, 0.2) is 0 Å². The molecular formula is C15H10Cl2F3NO2. The number of hydrogen-bond acceptors (Lipinski definition) is 3. The van der Waals surface area contributed by atoms with Crippen molar-refractivity contribution in [2.24, 2.45) is 0 Å². The van der Waals surface area contributed by atoms with E-state index in [-0.39, 0.29) is 27.7 Å². The summed E-state index contributed by atoms with van der Waals surface area (Å²) in [5, 5.41) is 0.112. The van der Waals surface area contributed by atoms with Crippen molar-refractivity contribution in [2.75, 3.05) is 7.11 Å². The first-order chi connectivity index (χ1) is 10.7. The zero-order valence-corrected chi connectivity index (χ0v) is 13.3. The Bertz CT molecular complexity index is 748. The fourth-order valence-corrected chi connectivity index (χ4v) is 2.32. The largest absolute Gasteiger partial charge is 0.465 e. The summed E-state index contributed by atoms with van der Waals surface area (Å²) in [6.07, 6.45) is -3.63. The number of carbonyl (C=O) groups excluding carboxylic acids is 1. The lowest BCUT2D eigenvalue weighted by molar-refractivity contribution is -0.137. The predicted molar refractivity (Wildman–Crippen MR) is 79.8 cm³/mol. The van der Waals surface area contributed by atoms with Crippen molar-refractivity contribution in [2.45, 2.75) is 12.6 Å². The van der Waals surface area contributed by atoms with Gasteiger partial charge in [-0.15, -0.1) is 0 Å². The summed E-state index contributed by atoms with van der Waals surface area (Å²) < 4.78 is 42.4. The number of carbonyl (C=O) groups is 1. The minimum absolute atomic E-state index is 0.102. The van der Waals surface area contributed by atoms with Gasteiger partial charge in [-0.2, -0.15) is 13.2 Å². The third-order valence-electron chi connectivity index (χ3n) is 3.05. The molecular weight excluding hydrogens is 354 g/mol. The van der Waals surface area contributed by atoms with Crippen LogP contribution in [0.1, 0.15) is 27.2 Å². The van der Waals surface area contributed by atoms with E-state index in [1.807, 2.05) is 0 Å². The first kappa shape index (κ1) is 17.6. The number of rotatable bonds is 3. The monoisotopic (exact) mass is 363 g/mol. The highest BCUT2D eigenvalue weighted by Crippen LogP contribution is 2.31. The Morgan fingerprint density at radius 3 is 2.48 bits per heavy atom. The lowest BCUT2D eigenvalue weighted by Gasteiger charge is -2.10. The summed E-state index contributed by atoms with van der Waals surface area (Å²) in [5.74, 6) is -0.608. The number of methoxy groups -OCH3 is 1. The quantitative estimate of drug-likeness (QED) is 0.736. The second kappa shape index (κ2) is 6.76. The van der Waals surface area contributed by atoms with Gasteiger partial charge in [-0.25, -0.2) is 4.79 Å². The molecule has 1 aromatic heterocycles. The first-order valence-electron chi connectivity index (χ1n) is 6.30. The maximum Gasteiger partial charge on any atom is 0.417 e. The van der Waals surface area contributed by atoms with E-state index in [0.717, 1.165) is 12.3 Å². The van der Waals surface area contributed by atoms with Gasteiger partial charge in [0.2, 0.25) is 0 Å². The molecule has 1 aromatic carbocycles. The van der Waals surface area contributed by atoms with Crippen molar-refractivity contribution in [3.63, 3.8) is 0 Å². The Hall–Kier alpha value is -1.79. The molecule has 3 nitrogen and oxygen atoms in total. The van der Waals surface area contributed by atoms with Crippen LogP contribution in [0.3, 0.4) is 0 Å². The smallest absolute Gasteiger partial charge is 0.417 e. The molecule has 0 bridgehead atoms. The molecule has 2 aromatic rings. The van der Waals surface area contributed by atoms with Crippen LogP contribution in [0.15, 0.2) is 30.5 Å². The van der Waals surface area contributed by atoms with Crippen LogP contribution in [-0.2, 0) is 17.3 Å². The van der Waals surface area contributed by atoms with Gasteiger partial charge in [0.25, 0.3) is 0 Å². The van der Waals surface area contributed by atoms with Crippen molar-refractivity contribution >= 4 is 29.2 Å². The lowest BCUT2D eigenvalue weighted by Crippen LogP contribution is -2.07. The van der Waals surface area contributed by atoms with Crippen molar-refractivity contribution in [1.29, 1.82) is 0 Å². The van der Waals surface area contributed by atoms with E-state index in [2.05, 4.69) is 9.72 Å². The normalized spacial score (nSPS) is 11.4. The Labute approximate surface area is 140 Å². The van der Waals surface area contributed by atoms with Gasteiger partial charge in [-0.05, 0) is 23.8 Å². The van der Waals surface area contributed by atoms with Gasteiger partial charge in [-0.1, -0.05) is 29.3 Å². The van der Waals surface area contributed by atoms with E-state index >= 15 is 0 Å². The van der Waals surface area contributed by atoms with Crippen molar-refractivity contribution < 1.29 is 22.7 Å². The summed E-state index contributed by atoms with van der Waals surface area (Å²) >= 11 is 11.8. The van der Waals surface area contributed by atoms with Crippen LogP contribution in [0, 0.1) is 0 Å². The van der Waals surface area contributed by atoms with Gasteiger partial charge in [-0.3, -0.25) is 4.98 Å². The molecule has 23 heavy (non-hydrogen) atoms. The molecule has 0 atom stereocenters. The molecule has 0 aliphatic heterocycles. The molecule has 0 N–H and O–H groups in total. The summed E-state index contributed by atoms with van der Waals surface area (Å²) in [6, 6.07) is 5.44. The summed E-state index contributed by atoms with van der Waals surface area (Å²) in [7, 11) is 1.22. The highest BCUT2D eigenvalue weighted by Gasteiger charge is 2.31. The first-order valence-corrected chi connectivity index (χ1v) is 7.06. The fraction of sp³-hybridized carbons (Fsp3) is 0.200. The highest BCUT2D eigenvalue weighted by molar-refractivity contribution is 6.33. The Morgan fingerprint density at radius 1 is 1.22 bits per heavy atom. The minimum atomic E-state index is -4.51. The average Bonchev–Trinajstić information content (AvgIpc) is 2.49. The van der Waals surface area contributed by atoms with Gasteiger partial charge in [0.1, 0.15) is 0 Å². The van der Waals surface area contributed by atoms with Crippen LogP contribution in [0.5, 0.6) is 0 Å². The Balaban J connectivity index is 2.31. The molecule has 1 heterocycles. The van der Waals surface area contributed by atoms with E-state index in [0.29, 0.717) is 5.56 Å². The van der Waals surface area contributed by atoms with E-state index in [4.69, 9.17) is 23.2 Å². The maximum atomic E-state index is 12.6. The third kappa shape index (κ3) is 4.14. The molecule has 0 aliphatic carbocycles. The van der Waals surface area contributed by atoms with Crippen molar-refractivity contribution in [1.82, 2.24) is 4.98 Å². The van der Waals surface area contributed by atoms with Crippen LogP contribution < -0.4 is 0 Å². The van der Waals surface area contributed by atoms with E-state index in [1.165, 1.54) is 19.2 Å². The molecule has 0 saturated carbocycles. The predicted octanol–water partition coefficient (Wildman–Crippen LogP) is 4.78. The molecule has 2 rings (SSSR count). The summed E-state index contributed by atoms with van der Waals surface area (Å²) in [5.41, 5.74) is 0.120. The van der Waals surface area contributed by atoms with E-state index in [1.54, 1.807) is 6.07 Å². The molecule has 0 radical (unpaired) electrons. The number of nitrogens with zero attached hydrogens (tertiary/aromatic N) is 1.